The van der Waals surface area contributed by atoms with Crippen molar-refractivity contribution in [3.05, 3.63) is 58.6 Å². The molecule has 3 atom stereocenters. The molecular formula is C25H28ClN3O5. The van der Waals surface area contributed by atoms with E-state index in [1.807, 2.05) is 18.2 Å². The molecule has 2 aliphatic rings. The quantitative estimate of drug-likeness (QED) is 0.676. The first kappa shape index (κ1) is 24.0. The summed E-state index contributed by atoms with van der Waals surface area (Å²) in [6.45, 7) is 2.03. The summed E-state index contributed by atoms with van der Waals surface area (Å²) < 4.78 is 12.2. The van der Waals surface area contributed by atoms with Gasteiger partial charge in [-0.05, 0) is 42.7 Å². The summed E-state index contributed by atoms with van der Waals surface area (Å²) in [5.41, 5.74) is 1.79. The summed E-state index contributed by atoms with van der Waals surface area (Å²) in [5.74, 6) is -0.0883. The van der Waals surface area contributed by atoms with Crippen LogP contribution in [-0.2, 0) is 20.9 Å². The number of carbonyl (C=O) groups is 3. The summed E-state index contributed by atoms with van der Waals surface area (Å²) in [6.07, 6.45) is 0.950. The fourth-order valence-corrected chi connectivity index (χ4v) is 4.63. The van der Waals surface area contributed by atoms with Crippen LogP contribution in [0.25, 0.3) is 0 Å². The van der Waals surface area contributed by atoms with E-state index in [2.05, 4.69) is 10.6 Å². The fourth-order valence-electron chi connectivity index (χ4n) is 4.42. The van der Waals surface area contributed by atoms with E-state index < -0.39 is 0 Å². The zero-order valence-electron chi connectivity index (χ0n) is 19.2. The Hall–Kier alpha value is -3.10. The number of hydrogen-bond donors (Lipinski definition) is 2. The van der Waals surface area contributed by atoms with E-state index in [9.17, 15) is 14.4 Å². The van der Waals surface area contributed by atoms with Gasteiger partial charge in [0.2, 0.25) is 11.8 Å². The zero-order chi connectivity index (χ0) is 24.2. The topological polar surface area (TPSA) is 97.0 Å². The van der Waals surface area contributed by atoms with Crippen molar-refractivity contribution in [2.75, 3.05) is 19.0 Å². The van der Waals surface area contributed by atoms with E-state index in [-0.39, 0.29) is 49.0 Å². The van der Waals surface area contributed by atoms with E-state index in [4.69, 9.17) is 21.1 Å². The smallest absolute Gasteiger partial charge is 0.257 e. The number of rotatable bonds is 5. The lowest BCUT2D eigenvalue weighted by Gasteiger charge is -2.42. The molecule has 0 unspecified atom stereocenters. The molecule has 0 spiro atoms. The zero-order valence-corrected chi connectivity index (χ0v) is 19.9. The van der Waals surface area contributed by atoms with Crippen molar-refractivity contribution in [2.24, 2.45) is 0 Å². The molecule has 0 aromatic heterocycles. The third-order valence-electron chi connectivity index (χ3n) is 6.18. The predicted octanol–water partition coefficient (Wildman–Crippen LogP) is 3.39. The minimum Gasteiger partial charge on any atom is -0.490 e. The molecule has 2 aromatic rings. The van der Waals surface area contributed by atoms with Crippen LogP contribution >= 0.6 is 11.6 Å². The van der Waals surface area contributed by atoms with Gasteiger partial charge in [-0.15, -0.1) is 0 Å². The summed E-state index contributed by atoms with van der Waals surface area (Å²) in [5, 5.41) is 6.21. The third kappa shape index (κ3) is 5.51. The highest BCUT2D eigenvalue weighted by molar-refractivity contribution is 6.31. The van der Waals surface area contributed by atoms with Crippen molar-refractivity contribution in [3.63, 3.8) is 0 Å². The molecule has 34 heavy (non-hydrogen) atoms. The van der Waals surface area contributed by atoms with Gasteiger partial charge in [0.1, 0.15) is 18.5 Å². The van der Waals surface area contributed by atoms with Crippen LogP contribution in [0.1, 0.15) is 42.1 Å². The molecule has 1 saturated heterocycles. The first-order chi connectivity index (χ1) is 16.3. The van der Waals surface area contributed by atoms with Crippen LogP contribution in [0, 0.1) is 0 Å². The number of ether oxygens (including phenoxy) is 2. The molecule has 8 nitrogen and oxygen atoms in total. The van der Waals surface area contributed by atoms with Crippen LogP contribution in [0.3, 0.4) is 0 Å². The Morgan fingerprint density at radius 2 is 1.97 bits per heavy atom. The molecule has 2 aromatic carbocycles. The van der Waals surface area contributed by atoms with Gasteiger partial charge in [-0.1, -0.05) is 29.8 Å². The molecule has 4 rings (SSSR count). The minimum absolute atomic E-state index is 0.115. The number of nitrogens with zero attached hydrogens (tertiary/aromatic N) is 1. The molecule has 2 heterocycles. The number of benzene rings is 2. The SMILES string of the molecule is CC(=O)Nc1ccc2c(c1)C(=O)N(C)[C@@H]1CC[C@@H](CC(=O)NCc3ccccc3Cl)O[C@H]1CO2. The van der Waals surface area contributed by atoms with E-state index in [1.165, 1.54) is 6.92 Å². The van der Waals surface area contributed by atoms with E-state index in [0.29, 0.717) is 41.4 Å². The van der Waals surface area contributed by atoms with Gasteiger partial charge in [0, 0.05) is 31.2 Å². The highest BCUT2D eigenvalue weighted by Crippen LogP contribution is 2.32. The summed E-state index contributed by atoms with van der Waals surface area (Å²) in [4.78, 5) is 38.8. The molecule has 0 saturated carbocycles. The van der Waals surface area contributed by atoms with E-state index in [0.717, 1.165) is 5.56 Å². The van der Waals surface area contributed by atoms with Crippen molar-refractivity contribution >= 4 is 35.0 Å². The second-order valence-corrected chi connectivity index (χ2v) is 9.04. The molecule has 0 aliphatic carbocycles. The maximum absolute atomic E-state index is 13.2. The molecular weight excluding hydrogens is 458 g/mol. The summed E-state index contributed by atoms with van der Waals surface area (Å²) in [7, 11) is 1.75. The Morgan fingerprint density at radius 1 is 1.18 bits per heavy atom. The second kappa shape index (κ2) is 10.4. The van der Waals surface area contributed by atoms with Crippen molar-refractivity contribution in [3.8, 4) is 5.75 Å². The number of fused-ring (bicyclic) bond motifs is 2. The minimum atomic E-state index is -0.354. The number of nitrogens with one attached hydrogen (secondary N) is 2. The maximum Gasteiger partial charge on any atom is 0.257 e. The van der Waals surface area contributed by atoms with Crippen LogP contribution in [0.4, 0.5) is 5.69 Å². The Morgan fingerprint density at radius 3 is 2.74 bits per heavy atom. The van der Waals surface area contributed by atoms with Gasteiger partial charge < -0.3 is 25.0 Å². The van der Waals surface area contributed by atoms with Crippen molar-refractivity contribution < 1.29 is 23.9 Å². The highest BCUT2D eigenvalue weighted by atomic mass is 35.5. The van der Waals surface area contributed by atoms with Crippen LogP contribution in [0.2, 0.25) is 5.02 Å². The summed E-state index contributed by atoms with van der Waals surface area (Å²) >= 11 is 6.16. The third-order valence-corrected chi connectivity index (χ3v) is 6.55. The Balaban J connectivity index is 1.39. The lowest BCUT2D eigenvalue weighted by Crippen LogP contribution is -2.53. The average Bonchev–Trinajstić information content (AvgIpc) is 2.81. The summed E-state index contributed by atoms with van der Waals surface area (Å²) in [6, 6.07) is 12.2. The molecule has 2 N–H and O–H groups in total. The molecule has 2 aliphatic heterocycles. The number of amides is 3. The number of halogens is 1. The Bertz CT molecular complexity index is 1090. The van der Waals surface area contributed by atoms with Crippen molar-refractivity contribution in [1.82, 2.24) is 10.2 Å². The van der Waals surface area contributed by atoms with Gasteiger partial charge in [-0.2, -0.15) is 0 Å². The van der Waals surface area contributed by atoms with Crippen molar-refractivity contribution in [2.45, 2.75) is 51.0 Å². The Labute approximate surface area is 203 Å². The van der Waals surface area contributed by atoms with Gasteiger partial charge in [-0.25, -0.2) is 0 Å². The second-order valence-electron chi connectivity index (χ2n) is 8.63. The van der Waals surface area contributed by atoms with Crippen LogP contribution in [-0.4, -0.2) is 54.5 Å². The average molecular weight is 486 g/mol. The Kier molecular flexibility index (Phi) is 7.38. The highest BCUT2D eigenvalue weighted by Gasteiger charge is 2.39. The van der Waals surface area contributed by atoms with Crippen LogP contribution in [0.5, 0.6) is 5.75 Å². The van der Waals surface area contributed by atoms with E-state index >= 15 is 0 Å². The molecule has 3 amide bonds. The lowest BCUT2D eigenvalue weighted by atomic mass is 9.94. The fraction of sp³-hybridized carbons (Fsp3) is 0.400. The molecule has 0 bridgehead atoms. The first-order valence-corrected chi connectivity index (χ1v) is 11.7. The lowest BCUT2D eigenvalue weighted by molar-refractivity contribution is -0.134. The normalized spacial score (nSPS) is 21.9. The van der Waals surface area contributed by atoms with Crippen molar-refractivity contribution in [1.29, 1.82) is 0 Å². The number of carbonyl (C=O) groups excluding carboxylic acids is 3. The first-order valence-electron chi connectivity index (χ1n) is 11.3. The number of hydrogen-bond acceptors (Lipinski definition) is 5. The van der Waals surface area contributed by atoms with Gasteiger partial charge in [0.25, 0.3) is 5.91 Å². The largest absolute Gasteiger partial charge is 0.490 e. The van der Waals surface area contributed by atoms with Gasteiger partial charge in [-0.3, -0.25) is 14.4 Å². The van der Waals surface area contributed by atoms with Gasteiger partial charge in [0.15, 0.2) is 0 Å². The standard InChI is InChI=1S/C25H28ClN3O5/c1-15(30)28-17-7-10-22-19(11-17)25(32)29(2)21-9-8-18(34-23(21)14-33-22)12-24(31)27-13-16-5-3-4-6-20(16)26/h3-7,10-11,18,21,23H,8-9,12-14H2,1-2H3,(H,27,31)(H,28,30)/t18-,21+,23-/m0/s1. The van der Waals surface area contributed by atoms with Crippen LogP contribution < -0.4 is 15.4 Å². The van der Waals surface area contributed by atoms with Gasteiger partial charge >= 0.3 is 0 Å². The molecule has 9 heteroatoms. The molecule has 1 fully saturated rings. The van der Waals surface area contributed by atoms with Gasteiger partial charge in [0.05, 0.1) is 24.1 Å². The number of likely N-dealkylation sites (N-methyl/N-ethyl adjacent to an activating group) is 1. The van der Waals surface area contributed by atoms with Crippen LogP contribution in [0.15, 0.2) is 42.5 Å². The number of anilines is 1. The molecule has 180 valence electrons. The predicted molar refractivity (Wildman–Crippen MR) is 128 cm³/mol. The molecule has 0 radical (unpaired) electrons. The van der Waals surface area contributed by atoms with E-state index in [1.54, 1.807) is 36.2 Å². The monoisotopic (exact) mass is 485 g/mol. The maximum atomic E-state index is 13.2.